The molecule has 0 amide bonds. The van der Waals surface area contributed by atoms with Gasteiger partial charge in [-0.15, -0.1) is 0 Å². The SMILES string of the molecule is COc1cc(C)c2c(c1)C(Nc1ccccc1)CC(C)N2. The second kappa shape index (κ2) is 5.68. The van der Waals surface area contributed by atoms with Gasteiger partial charge in [0.15, 0.2) is 0 Å². The molecule has 1 heterocycles. The van der Waals surface area contributed by atoms with Crippen LogP contribution in [-0.2, 0) is 0 Å². The zero-order valence-electron chi connectivity index (χ0n) is 12.8. The lowest BCUT2D eigenvalue weighted by Crippen LogP contribution is -2.29. The second-order valence-corrected chi connectivity index (χ2v) is 5.75. The van der Waals surface area contributed by atoms with Gasteiger partial charge in [-0.25, -0.2) is 0 Å². The van der Waals surface area contributed by atoms with Gasteiger partial charge in [0.1, 0.15) is 5.75 Å². The fourth-order valence-electron chi connectivity index (χ4n) is 3.03. The van der Waals surface area contributed by atoms with Crippen LogP contribution in [0.4, 0.5) is 11.4 Å². The first-order chi connectivity index (χ1) is 10.2. The van der Waals surface area contributed by atoms with Crippen LogP contribution in [0.3, 0.4) is 0 Å². The summed E-state index contributed by atoms with van der Waals surface area (Å²) in [5.74, 6) is 0.919. The monoisotopic (exact) mass is 282 g/mol. The number of fused-ring (bicyclic) bond motifs is 1. The molecule has 0 aromatic heterocycles. The summed E-state index contributed by atoms with van der Waals surface area (Å²) in [4.78, 5) is 0. The Morgan fingerprint density at radius 3 is 2.67 bits per heavy atom. The summed E-state index contributed by atoms with van der Waals surface area (Å²) in [6, 6.07) is 15.4. The quantitative estimate of drug-likeness (QED) is 0.877. The summed E-state index contributed by atoms with van der Waals surface area (Å²) in [5, 5.41) is 7.25. The summed E-state index contributed by atoms with van der Waals surface area (Å²) < 4.78 is 5.43. The Morgan fingerprint density at radius 1 is 1.19 bits per heavy atom. The number of para-hydroxylation sites is 1. The predicted octanol–water partition coefficient (Wildman–Crippen LogP) is 4.36. The van der Waals surface area contributed by atoms with E-state index in [1.54, 1.807) is 7.11 Å². The van der Waals surface area contributed by atoms with Crippen molar-refractivity contribution in [2.45, 2.75) is 32.4 Å². The minimum Gasteiger partial charge on any atom is -0.497 e. The second-order valence-electron chi connectivity index (χ2n) is 5.75. The fraction of sp³-hybridized carbons (Fsp3) is 0.333. The fourth-order valence-corrected chi connectivity index (χ4v) is 3.03. The number of nitrogens with one attached hydrogen (secondary N) is 2. The summed E-state index contributed by atoms with van der Waals surface area (Å²) in [6.45, 7) is 4.36. The molecule has 21 heavy (non-hydrogen) atoms. The van der Waals surface area contributed by atoms with Crippen LogP contribution in [0.1, 0.15) is 30.5 Å². The van der Waals surface area contributed by atoms with Gasteiger partial charge in [-0.1, -0.05) is 18.2 Å². The number of hydrogen-bond donors (Lipinski definition) is 2. The number of rotatable bonds is 3. The van der Waals surface area contributed by atoms with Crippen molar-refractivity contribution in [2.24, 2.45) is 0 Å². The van der Waals surface area contributed by atoms with Crippen molar-refractivity contribution < 1.29 is 4.74 Å². The van der Waals surface area contributed by atoms with Crippen molar-refractivity contribution in [1.82, 2.24) is 0 Å². The Morgan fingerprint density at radius 2 is 1.95 bits per heavy atom. The average molecular weight is 282 g/mol. The Labute approximate surface area is 126 Å². The Kier molecular flexibility index (Phi) is 3.74. The highest BCUT2D eigenvalue weighted by molar-refractivity contribution is 5.65. The molecule has 3 rings (SSSR count). The molecule has 2 N–H and O–H groups in total. The summed E-state index contributed by atoms with van der Waals surface area (Å²) in [6.07, 6.45) is 1.05. The minimum atomic E-state index is 0.299. The highest BCUT2D eigenvalue weighted by atomic mass is 16.5. The molecular weight excluding hydrogens is 260 g/mol. The summed E-state index contributed by atoms with van der Waals surface area (Å²) in [7, 11) is 1.72. The molecule has 110 valence electrons. The van der Waals surface area contributed by atoms with Crippen LogP contribution in [0.2, 0.25) is 0 Å². The third kappa shape index (κ3) is 2.82. The Bertz CT molecular complexity index is 625. The van der Waals surface area contributed by atoms with Gasteiger partial charge in [-0.2, -0.15) is 0 Å². The first-order valence-electron chi connectivity index (χ1n) is 7.44. The molecule has 0 radical (unpaired) electrons. The molecule has 3 nitrogen and oxygen atoms in total. The molecule has 2 atom stereocenters. The lowest BCUT2D eigenvalue weighted by Gasteiger charge is -2.34. The average Bonchev–Trinajstić information content (AvgIpc) is 2.49. The molecule has 0 fully saturated rings. The highest BCUT2D eigenvalue weighted by Crippen LogP contribution is 2.39. The zero-order valence-corrected chi connectivity index (χ0v) is 12.8. The molecule has 2 aromatic carbocycles. The Balaban J connectivity index is 1.98. The first-order valence-corrected chi connectivity index (χ1v) is 7.44. The number of aryl methyl sites for hydroxylation is 1. The summed E-state index contributed by atoms with van der Waals surface area (Å²) >= 11 is 0. The first kappa shape index (κ1) is 13.8. The normalized spacial score (nSPS) is 20.3. The van der Waals surface area contributed by atoms with E-state index in [2.05, 4.69) is 60.9 Å². The highest BCUT2D eigenvalue weighted by Gasteiger charge is 2.26. The maximum atomic E-state index is 5.43. The molecule has 1 aliphatic heterocycles. The molecule has 0 saturated carbocycles. The van der Waals surface area contributed by atoms with E-state index in [9.17, 15) is 0 Å². The van der Waals surface area contributed by atoms with Crippen LogP contribution in [0.15, 0.2) is 42.5 Å². The molecular formula is C18H22N2O. The third-order valence-corrected chi connectivity index (χ3v) is 4.05. The predicted molar refractivity (Wildman–Crippen MR) is 88.2 cm³/mol. The van der Waals surface area contributed by atoms with E-state index in [1.807, 2.05) is 6.07 Å². The maximum Gasteiger partial charge on any atom is 0.119 e. The van der Waals surface area contributed by atoms with Gasteiger partial charge in [0, 0.05) is 23.0 Å². The molecule has 2 aromatic rings. The lowest BCUT2D eigenvalue weighted by molar-refractivity contribution is 0.413. The van der Waals surface area contributed by atoms with E-state index < -0.39 is 0 Å². The van der Waals surface area contributed by atoms with Crippen molar-refractivity contribution in [1.29, 1.82) is 0 Å². The lowest BCUT2D eigenvalue weighted by atomic mass is 9.91. The molecule has 0 spiro atoms. The van der Waals surface area contributed by atoms with Crippen LogP contribution >= 0.6 is 0 Å². The van der Waals surface area contributed by atoms with Gasteiger partial charge in [0.25, 0.3) is 0 Å². The molecule has 0 saturated heterocycles. The van der Waals surface area contributed by atoms with Gasteiger partial charge < -0.3 is 15.4 Å². The van der Waals surface area contributed by atoms with Crippen LogP contribution in [-0.4, -0.2) is 13.2 Å². The van der Waals surface area contributed by atoms with Crippen LogP contribution < -0.4 is 15.4 Å². The maximum absolute atomic E-state index is 5.43. The molecule has 1 aliphatic rings. The van der Waals surface area contributed by atoms with Crippen molar-refractivity contribution in [3.8, 4) is 5.75 Å². The third-order valence-electron chi connectivity index (χ3n) is 4.05. The number of benzene rings is 2. The number of methoxy groups -OCH3 is 1. The summed E-state index contributed by atoms with van der Waals surface area (Å²) in [5.41, 5.74) is 4.91. The van der Waals surface area contributed by atoms with Gasteiger partial charge in [-0.3, -0.25) is 0 Å². The number of hydrogen-bond acceptors (Lipinski definition) is 3. The van der Waals surface area contributed by atoms with E-state index >= 15 is 0 Å². The van der Waals surface area contributed by atoms with Gasteiger partial charge >= 0.3 is 0 Å². The van der Waals surface area contributed by atoms with Crippen molar-refractivity contribution >= 4 is 11.4 Å². The number of ether oxygens (including phenoxy) is 1. The van der Waals surface area contributed by atoms with E-state index in [4.69, 9.17) is 4.74 Å². The topological polar surface area (TPSA) is 33.3 Å². The van der Waals surface area contributed by atoms with Crippen LogP contribution in [0.5, 0.6) is 5.75 Å². The van der Waals surface area contributed by atoms with Gasteiger partial charge in [-0.05, 0) is 50.1 Å². The molecule has 0 bridgehead atoms. The number of anilines is 2. The van der Waals surface area contributed by atoms with Crippen molar-refractivity contribution in [2.75, 3.05) is 17.7 Å². The van der Waals surface area contributed by atoms with E-state index in [0.29, 0.717) is 12.1 Å². The molecule has 0 aliphatic carbocycles. The van der Waals surface area contributed by atoms with Crippen LogP contribution in [0.25, 0.3) is 0 Å². The zero-order chi connectivity index (χ0) is 14.8. The Hall–Kier alpha value is -2.16. The van der Waals surface area contributed by atoms with Crippen molar-refractivity contribution in [3.63, 3.8) is 0 Å². The van der Waals surface area contributed by atoms with Gasteiger partial charge in [0.05, 0.1) is 13.2 Å². The van der Waals surface area contributed by atoms with Crippen LogP contribution in [0, 0.1) is 6.92 Å². The van der Waals surface area contributed by atoms with Gasteiger partial charge in [0.2, 0.25) is 0 Å². The molecule has 3 heteroatoms. The van der Waals surface area contributed by atoms with E-state index in [0.717, 1.165) is 17.9 Å². The van der Waals surface area contributed by atoms with Crippen molar-refractivity contribution in [3.05, 3.63) is 53.6 Å². The smallest absolute Gasteiger partial charge is 0.119 e. The van der Waals surface area contributed by atoms with E-state index in [1.165, 1.54) is 16.8 Å². The standard InChI is InChI=1S/C18H22N2O/c1-12-9-15(21-3)11-16-17(10-13(2)19-18(12)16)20-14-7-5-4-6-8-14/h4-9,11,13,17,19-20H,10H2,1-3H3. The largest absolute Gasteiger partial charge is 0.497 e. The minimum absolute atomic E-state index is 0.299. The van der Waals surface area contributed by atoms with E-state index in [-0.39, 0.29) is 0 Å². The molecule has 2 unspecified atom stereocenters.